The summed E-state index contributed by atoms with van der Waals surface area (Å²) in [5, 5.41) is 0. The highest BCUT2D eigenvalue weighted by Gasteiger charge is 2.49. The predicted molar refractivity (Wildman–Crippen MR) is 71.3 cm³/mol. The number of allylic oxidation sites excluding steroid dienone is 2. The molecule has 2 bridgehead atoms. The Morgan fingerprint density at radius 1 is 1.44 bits per heavy atom. The van der Waals surface area contributed by atoms with Gasteiger partial charge in [0.1, 0.15) is 5.76 Å². The Balaban J connectivity index is 1.81. The van der Waals surface area contributed by atoms with Gasteiger partial charge in [0, 0.05) is 16.7 Å². The minimum Gasteiger partial charge on any atom is -0.464 e. The molecular formula is C16H18O2. The van der Waals surface area contributed by atoms with Gasteiger partial charge in [-0.05, 0) is 24.3 Å². The van der Waals surface area contributed by atoms with Crippen LogP contribution < -0.4 is 0 Å². The van der Waals surface area contributed by atoms with Gasteiger partial charge >= 0.3 is 0 Å². The lowest BCUT2D eigenvalue weighted by molar-refractivity contribution is -0.109. The molecule has 0 amide bonds. The molecule has 1 heterocycles. The van der Waals surface area contributed by atoms with E-state index in [-0.39, 0.29) is 17.1 Å². The zero-order valence-corrected chi connectivity index (χ0v) is 11.2. The normalized spacial score (nSPS) is 20.5. The summed E-state index contributed by atoms with van der Waals surface area (Å²) in [7, 11) is 0. The van der Waals surface area contributed by atoms with E-state index >= 15 is 0 Å². The van der Waals surface area contributed by atoms with Crippen molar-refractivity contribution in [2.24, 2.45) is 5.41 Å². The van der Waals surface area contributed by atoms with Gasteiger partial charge < -0.3 is 4.42 Å². The van der Waals surface area contributed by atoms with Crippen molar-refractivity contribution in [3.8, 4) is 0 Å². The van der Waals surface area contributed by atoms with Crippen LogP contribution in [0.15, 0.2) is 28.4 Å². The van der Waals surface area contributed by atoms with E-state index in [0.29, 0.717) is 0 Å². The maximum atomic E-state index is 11.6. The number of hydrogen-bond donors (Lipinski definition) is 0. The van der Waals surface area contributed by atoms with Crippen molar-refractivity contribution < 1.29 is 9.21 Å². The first-order chi connectivity index (χ1) is 8.37. The highest BCUT2D eigenvalue weighted by molar-refractivity contribution is 6.25. The number of carbonyl (C=O) groups is 1. The Labute approximate surface area is 107 Å². The van der Waals surface area contributed by atoms with E-state index in [0.717, 1.165) is 29.7 Å². The van der Waals surface area contributed by atoms with Crippen LogP contribution in [-0.4, -0.2) is 5.78 Å². The first-order valence-corrected chi connectivity index (χ1v) is 6.39. The first kappa shape index (κ1) is 11.5. The maximum Gasteiger partial charge on any atom is 0.172 e. The number of rotatable bonds is 3. The summed E-state index contributed by atoms with van der Waals surface area (Å²) in [6.07, 6.45) is 5.46. The Hall–Kier alpha value is -1.57. The topological polar surface area (TPSA) is 30.2 Å². The molecule has 18 heavy (non-hydrogen) atoms. The molecule has 94 valence electrons. The molecule has 1 unspecified atom stereocenters. The Kier molecular flexibility index (Phi) is 2.22. The third-order valence-electron chi connectivity index (χ3n) is 3.54. The molecule has 2 aliphatic carbocycles. The molecule has 1 aromatic heterocycles. The number of ketones is 1. The lowest BCUT2D eigenvalue weighted by atomic mass is 9.85. The van der Waals surface area contributed by atoms with Gasteiger partial charge in [-0.3, -0.25) is 4.79 Å². The number of fused-ring (bicyclic) bond motifs is 4. The van der Waals surface area contributed by atoms with Crippen molar-refractivity contribution in [3.05, 3.63) is 40.9 Å². The summed E-state index contributed by atoms with van der Waals surface area (Å²) in [4.78, 5) is 11.6. The van der Waals surface area contributed by atoms with Gasteiger partial charge in [-0.2, -0.15) is 0 Å². The van der Waals surface area contributed by atoms with Crippen molar-refractivity contribution >= 4 is 11.9 Å². The summed E-state index contributed by atoms with van der Waals surface area (Å²) in [6, 6.07) is 0. The van der Waals surface area contributed by atoms with Crippen LogP contribution in [0.3, 0.4) is 0 Å². The van der Waals surface area contributed by atoms with Gasteiger partial charge in [0.15, 0.2) is 5.78 Å². The fourth-order valence-electron chi connectivity index (χ4n) is 2.85. The van der Waals surface area contributed by atoms with Gasteiger partial charge in [-0.15, -0.1) is 0 Å². The lowest BCUT2D eigenvalue weighted by Gasteiger charge is -2.20. The average molecular weight is 242 g/mol. The number of carbonyl (C=O) groups excluding carboxylic acids is 1. The standard InChI is InChI=1S/C16H18O2/c1-9(7-16(2,3)4)5-10-12-8-18-13(10)6-11-14(12)15(11)17/h6,8,14H,1,5,7H2,2-4H3. The summed E-state index contributed by atoms with van der Waals surface area (Å²) < 4.78 is 5.52. The van der Waals surface area contributed by atoms with Gasteiger partial charge in [0.05, 0.1) is 12.2 Å². The molecule has 1 aromatic rings. The number of hydrogen-bond acceptors (Lipinski definition) is 2. The smallest absolute Gasteiger partial charge is 0.172 e. The van der Waals surface area contributed by atoms with Crippen molar-refractivity contribution in [2.75, 3.05) is 0 Å². The van der Waals surface area contributed by atoms with Crippen molar-refractivity contribution in [3.63, 3.8) is 0 Å². The first-order valence-electron chi connectivity index (χ1n) is 6.39. The summed E-state index contributed by atoms with van der Waals surface area (Å²) >= 11 is 0. The molecule has 0 N–H and O–H groups in total. The van der Waals surface area contributed by atoms with Gasteiger partial charge in [-0.25, -0.2) is 0 Å². The van der Waals surface area contributed by atoms with Gasteiger partial charge in [0.2, 0.25) is 0 Å². The largest absolute Gasteiger partial charge is 0.464 e. The Morgan fingerprint density at radius 2 is 2.17 bits per heavy atom. The van der Waals surface area contributed by atoms with Crippen LogP contribution in [0.25, 0.3) is 6.08 Å². The van der Waals surface area contributed by atoms with Crippen LogP contribution in [0.1, 0.15) is 50.0 Å². The zero-order chi connectivity index (χ0) is 13.1. The summed E-state index contributed by atoms with van der Waals surface area (Å²) in [5.41, 5.74) is 4.61. The van der Waals surface area contributed by atoms with E-state index in [1.807, 2.05) is 6.08 Å². The van der Waals surface area contributed by atoms with Crippen LogP contribution in [0.2, 0.25) is 0 Å². The second-order valence-corrected chi connectivity index (χ2v) is 6.60. The van der Waals surface area contributed by atoms with Crippen molar-refractivity contribution in [1.29, 1.82) is 0 Å². The lowest BCUT2D eigenvalue weighted by Crippen LogP contribution is -2.08. The molecule has 0 radical (unpaired) electrons. The van der Waals surface area contributed by atoms with Crippen molar-refractivity contribution in [2.45, 2.75) is 39.5 Å². The Bertz CT molecular complexity index is 579. The molecule has 2 heteroatoms. The molecule has 3 rings (SSSR count). The molecule has 1 fully saturated rings. The quantitative estimate of drug-likeness (QED) is 0.753. The highest BCUT2D eigenvalue weighted by Crippen LogP contribution is 2.50. The molecule has 0 saturated heterocycles. The summed E-state index contributed by atoms with van der Waals surface area (Å²) in [6.45, 7) is 10.8. The third-order valence-corrected chi connectivity index (χ3v) is 3.54. The maximum absolute atomic E-state index is 11.6. The van der Waals surface area contributed by atoms with E-state index in [1.165, 1.54) is 11.1 Å². The van der Waals surface area contributed by atoms with Crippen LogP contribution in [0, 0.1) is 5.41 Å². The zero-order valence-electron chi connectivity index (χ0n) is 11.2. The predicted octanol–water partition coefficient (Wildman–Crippen LogP) is 3.88. The molecule has 0 aliphatic heterocycles. The van der Waals surface area contributed by atoms with Gasteiger partial charge in [-0.1, -0.05) is 32.9 Å². The van der Waals surface area contributed by atoms with Crippen LogP contribution in [0.5, 0.6) is 0 Å². The van der Waals surface area contributed by atoms with Crippen molar-refractivity contribution in [1.82, 2.24) is 0 Å². The van der Waals surface area contributed by atoms with E-state index in [2.05, 4.69) is 27.4 Å². The molecule has 1 atom stereocenters. The van der Waals surface area contributed by atoms with Crippen LogP contribution >= 0.6 is 0 Å². The number of Topliss-reactive ketones (excluding diaryl/α,β-unsaturated/α-hetero) is 1. The molecular weight excluding hydrogens is 224 g/mol. The highest BCUT2D eigenvalue weighted by atomic mass is 16.3. The van der Waals surface area contributed by atoms with Gasteiger partial charge in [0.25, 0.3) is 0 Å². The molecule has 1 saturated carbocycles. The summed E-state index contributed by atoms with van der Waals surface area (Å²) in [5.74, 6) is 1.13. The fourth-order valence-corrected chi connectivity index (χ4v) is 2.85. The third kappa shape index (κ3) is 1.76. The van der Waals surface area contributed by atoms with Crippen LogP contribution in [-0.2, 0) is 11.2 Å². The number of furan rings is 1. The van der Waals surface area contributed by atoms with E-state index in [1.54, 1.807) is 6.26 Å². The molecule has 2 aliphatic rings. The molecule has 0 aromatic carbocycles. The SMILES string of the molecule is C=C(Cc1c2coc1C=C1C(=O)C12)CC(C)(C)C. The van der Waals surface area contributed by atoms with E-state index < -0.39 is 0 Å². The molecule has 0 spiro atoms. The Morgan fingerprint density at radius 3 is 2.83 bits per heavy atom. The monoisotopic (exact) mass is 242 g/mol. The van der Waals surface area contributed by atoms with E-state index in [4.69, 9.17) is 4.42 Å². The van der Waals surface area contributed by atoms with E-state index in [9.17, 15) is 4.79 Å². The minimum atomic E-state index is 0.00804. The average Bonchev–Trinajstić information content (AvgIpc) is 2.77. The van der Waals surface area contributed by atoms with Crippen LogP contribution in [0.4, 0.5) is 0 Å². The second kappa shape index (κ2) is 3.47. The minimum absolute atomic E-state index is 0.00804. The molecule has 2 nitrogen and oxygen atoms in total. The second-order valence-electron chi connectivity index (χ2n) is 6.60. The fraction of sp³-hybridized carbons (Fsp3) is 0.438.